The second-order valence-corrected chi connectivity index (χ2v) is 6.35. The normalized spacial score (nSPS) is 11.6. The van der Waals surface area contributed by atoms with Gasteiger partial charge in [0.15, 0.2) is 13.1 Å². The van der Waals surface area contributed by atoms with Crippen LogP contribution in [0.5, 0.6) is 0 Å². The molecule has 25 heavy (non-hydrogen) atoms. The van der Waals surface area contributed by atoms with Crippen LogP contribution in [0.4, 0.5) is 11.4 Å². The van der Waals surface area contributed by atoms with Crippen molar-refractivity contribution in [3.8, 4) is 0 Å². The van der Waals surface area contributed by atoms with Crippen LogP contribution in [0.3, 0.4) is 0 Å². The zero-order valence-corrected chi connectivity index (χ0v) is 15.2. The molecular formula is C19H23ClN3O2+. The van der Waals surface area contributed by atoms with Gasteiger partial charge in [-0.3, -0.25) is 9.59 Å². The van der Waals surface area contributed by atoms with E-state index < -0.39 is 0 Å². The van der Waals surface area contributed by atoms with E-state index in [0.29, 0.717) is 10.7 Å². The quantitative estimate of drug-likeness (QED) is 0.707. The number of benzene rings is 2. The van der Waals surface area contributed by atoms with Gasteiger partial charge >= 0.3 is 0 Å². The third kappa shape index (κ3) is 6.21. The Kier molecular flexibility index (Phi) is 6.98. The van der Waals surface area contributed by atoms with Gasteiger partial charge in [0.05, 0.1) is 17.8 Å². The van der Waals surface area contributed by atoms with Crippen molar-refractivity contribution in [2.24, 2.45) is 0 Å². The summed E-state index contributed by atoms with van der Waals surface area (Å²) in [6, 6.07) is 14.8. The first-order chi connectivity index (χ1) is 12.0. The molecule has 0 radical (unpaired) electrons. The number of nitrogens with one attached hydrogen (secondary N) is 3. The Morgan fingerprint density at radius 3 is 2.36 bits per heavy atom. The van der Waals surface area contributed by atoms with Crippen molar-refractivity contribution >= 4 is 34.8 Å². The standard InChI is InChI=1S/C19H22ClN3O2/c1-3-14-7-6-8-15(11-14)21-18(24)12-23(2)13-19(25)22-17-10-5-4-9-16(17)20/h4-11H,3,12-13H2,1-2H3,(H,21,24)(H,22,25)/p+1. The lowest BCUT2D eigenvalue weighted by Crippen LogP contribution is -3.11. The lowest BCUT2D eigenvalue weighted by Gasteiger charge is -2.14. The maximum atomic E-state index is 12.1. The molecular weight excluding hydrogens is 338 g/mol. The van der Waals surface area contributed by atoms with Gasteiger partial charge in [-0.05, 0) is 36.2 Å². The van der Waals surface area contributed by atoms with Gasteiger partial charge in [-0.2, -0.15) is 0 Å². The fourth-order valence-electron chi connectivity index (χ4n) is 2.44. The highest BCUT2D eigenvalue weighted by molar-refractivity contribution is 6.33. The summed E-state index contributed by atoms with van der Waals surface area (Å²) in [6.45, 7) is 2.44. The lowest BCUT2D eigenvalue weighted by atomic mass is 10.1. The number of hydrogen-bond donors (Lipinski definition) is 3. The average Bonchev–Trinajstić information content (AvgIpc) is 2.56. The molecule has 0 bridgehead atoms. The molecule has 2 amide bonds. The van der Waals surface area contributed by atoms with Gasteiger partial charge in [0.25, 0.3) is 11.8 Å². The maximum Gasteiger partial charge on any atom is 0.279 e. The summed E-state index contributed by atoms with van der Waals surface area (Å²) in [4.78, 5) is 25.0. The van der Waals surface area contributed by atoms with Gasteiger partial charge in [-0.15, -0.1) is 0 Å². The van der Waals surface area contributed by atoms with Gasteiger partial charge in [0.2, 0.25) is 0 Å². The lowest BCUT2D eigenvalue weighted by molar-refractivity contribution is -0.862. The summed E-state index contributed by atoms with van der Waals surface area (Å²) in [5.74, 6) is -0.317. The molecule has 1 atom stereocenters. The number of hydrogen-bond acceptors (Lipinski definition) is 2. The average molecular weight is 361 g/mol. The number of halogens is 1. The second kappa shape index (κ2) is 9.20. The van der Waals surface area contributed by atoms with E-state index in [2.05, 4.69) is 17.6 Å². The topological polar surface area (TPSA) is 62.6 Å². The Labute approximate surface area is 153 Å². The predicted octanol–water partition coefficient (Wildman–Crippen LogP) is 1.99. The van der Waals surface area contributed by atoms with Gasteiger partial charge in [-0.1, -0.05) is 42.8 Å². The number of quaternary nitrogens is 1. The molecule has 132 valence electrons. The summed E-state index contributed by atoms with van der Waals surface area (Å²) < 4.78 is 0. The van der Waals surface area contributed by atoms with Gasteiger partial charge in [-0.25, -0.2) is 0 Å². The zero-order valence-electron chi connectivity index (χ0n) is 14.4. The van der Waals surface area contributed by atoms with Gasteiger partial charge in [0, 0.05) is 5.69 Å². The molecule has 5 nitrogen and oxygen atoms in total. The summed E-state index contributed by atoms with van der Waals surface area (Å²) in [5.41, 5.74) is 2.51. The maximum absolute atomic E-state index is 12.1. The molecule has 0 aliphatic carbocycles. The third-order valence-corrected chi connectivity index (χ3v) is 4.02. The summed E-state index contributed by atoms with van der Waals surface area (Å²) in [7, 11) is 1.80. The second-order valence-electron chi connectivity index (χ2n) is 5.94. The van der Waals surface area contributed by atoms with E-state index in [-0.39, 0.29) is 24.9 Å². The SMILES string of the molecule is CCc1cccc(NC(=O)C[NH+](C)CC(=O)Nc2ccccc2Cl)c1. The van der Waals surface area contributed by atoms with Crippen LogP contribution in [0.25, 0.3) is 0 Å². The summed E-state index contributed by atoms with van der Waals surface area (Å²) >= 11 is 6.02. The highest BCUT2D eigenvalue weighted by atomic mass is 35.5. The molecule has 0 spiro atoms. The van der Waals surface area contributed by atoms with Gasteiger partial charge in [0.1, 0.15) is 0 Å². The smallest absolute Gasteiger partial charge is 0.279 e. The van der Waals surface area contributed by atoms with Crippen molar-refractivity contribution in [2.75, 3.05) is 30.8 Å². The minimum Gasteiger partial charge on any atom is -0.322 e. The number of likely N-dealkylation sites (N-methyl/N-ethyl adjacent to an activating group) is 1. The Bertz CT molecular complexity index is 749. The number of amides is 2. The Morgan fingerprint density at radius 2 is 1.68 bits per heavy atom. The predicted molar refractivity (Wildman–Crippen MR) is 101 cm³/mol. The van der Waals surface area contributed by atoms with Crippen LogP contribution in [0.2, 0.25) is 5.02 Å². The molecule has 0 aliphatic heterocycles. The molecule has 2 rings (SSSR count). The van der Waals surface area contributed by atoms with E-state index >= 15 is 0 Å². The van der Waals surface area contributed by atoms with E-state index in [1.165, 1.54) is 0 Å². The van der Waals surface area contributed by atoms with Gasteiger partial charge < -0.3 is 15.5 Å². The number of carbonyl (C=O) groups excluding carboxylic acids is 2. The molecule has 0 heterocycles. The van der Waals surface area contributed by atoms with Crippen molar-refractivity contribution in [1.82, 2.24) is 0 Å². The largest absolute Gasteiger partial charge is 0.322 e. The van der Waals surface area contributed by atoms with Crippen LogP contribution >= 0.6 is 11.6 Å². The highest BCUT2D eigenvalue weighted by Gasteiger charge is 2.15. The van der Waals surface area contributed by atoms with Crippen LogP contribution < -0.4 is 15.5 Å². The number of para-hydroxylation sites is 1. The van der Waals surface area contributed by atoms with E-state index in [9.17, 15) is 9.59 Å². The molecule has 2 aromatic carbocycles. The molecule has 2 aromatic rings. The van der Waals surface area contributed by atoms with Crippen LogP contribution in [-0.4, -0.2) is 32.0 Å². The molecule has 0 fully saturated rings. The minimum atomic E-state index is -0.189. The monoisotopic (exact) mass is 360 g/mol. The Balaban J connectivity index is 1.82. The summed E-state index contributed by atoms with van der Waals surface area (Å²) in [5, 5.41) is 6.11. The Hall–Kier alpha value is -2.37. The number of anilines is 2. The molecule has 0 aliphatic rings. The van der Waals surface area contributed by atoms with E-state index in [1.807, 2.05) is 24.3 Å². The van der Waals surface area contributed by atoms with E-state index in [0.717, 1.165) is 22.6 Å². The molecule has 0 aromatic heterocycles. The van der Waals surface area contributed by atoms with Crippen molar-refractivity contribution in [2.45, 2.75) is 13.3 Å². The number of rotatable bonds is 7. The zero-order chi connectivity index (χ0) is 18.2. The van der Waals surface area contributed by atoms with E-state index in [4.69, 9.17) is 11.6 Å². The van der Waals surface area contributed by atoms with Crippen molar-refractivity contribution in [3.05, 3.63) is 59.1 Å². The van der Waals surface area contributed by atoms with E-state index in [1.54, 1.807) is 31.3 Å². The van der Waals surface area contributed by atoms with Crippen LogP contribution in [0, 0.1) is 0 Å². The molecule has 1 unspecified atom stereocenters. The number of aryl methyl sites for hydroxylation is 1. The molecule has 0 saturated carbocycles. The van der Waals surface area contributed by atoms with Crippen molar-refractivity contribution in [1.29, 1.82) is 0 Å². The van der Waals surface area contributed by atoms with Crippen LogP contribution in [0.15, 0.2) is 48.5 Å². The Morgan fingerprint density at radius 1 is 1.00 bits per heavy atom. The fourth-order valence-corrected chi connectivity index (χ4v) is 2.62. The number of carbonyl (C=O) groups is 2. The first-order valence-corrected chi connectivity index (χ1v) is 8.60. The molecule has 0 saturated heterocycles. The first-order valence-electron chi connectivity index (χ1n) is 8.22. The van der Waals surface area contributed by atoms with Crippen molar-refractivity contribution < 1.29 is 14.5 Å². The third-order valence-electron chi connectivity index (χ3n) is 3.69. The molecule has 6 heteroatoms. The van der Waals surface area contributed by atoms with Crippen LogP contribution in [-0.2, 0) is 16.0 Å². The highest BCUT2D eigenvalue weighted by Crippen LogP contribution is 2.19. The minimum absolute atomic E-state index is 0.128. The fraction of sp³-hybridized carbons (Fsp3) is 0.263. The summed E-state index contributed by atoms with van der Waals surface area (Å²) in [6.07, 6.45) is 0.914. The van der Waals surface area contributed by atoms with Crippen molar-refractivity contribution in [3.63, 3.8) is 0 Å². The first kappa shape index (κ1) is 19.0. The molecule has 3 N–H and O–H groups in total. The van der Waals surface area contributed by atoms with Crippen LogP contribution in [0.1, 0.15) is 12.5 Å².